The highest BCUT2D eigenvalue weighted by molar-refractivity contribution is 6.32. The average molecular weight is 519 g/mol. The number of hydrogen-bond donors (Lipinski definition) is 1. The highest BCUT2D eigenvalue weighted by atomic mass is 35.5. The Morgan fingerprint density at radius 1 is 1.14 bits per heavy atom. The van der Waals surface area contributed by atoms with E-state index < -0.39 is 23.3 Å². The Morgan fingerprint density at radius 2 is 1.92 bits per heavy atom. The third-order valence-electron chi connectivity index (χ3n) is 5.55. The number of pyridine rings is 2. The van der Waals surface area contributed by atoms with Crippen molar-refractivity contribution in [2.24, 2.45) is 0 Å². The molecule has 1 saturated heterocycles. The number of hydrogen-bond acceptors (Lipinski definition) is 7. The number of amides is 1. The van der Waals surface area contributed by atoms with Crippen LogP contribution in [0, 0.1) is 6.92 Å². The molecule has 0 bridgehead atoms. The zero-order valence-corrected chi connectivity index (χ0v) is 19.5. The smallest absolute Gasteiger partial charge is 0.372 e. The Balaban J connectivity index is 1.48. The standard InChI is InChI=1S/C22H18ClF3N8O2/c1-12-9-27-16(18-3-2-6-36-18)8-17(12)33-19(22(24,25)26)14(11-31-33)21(35)32-13-7-15(23)20(28-10-13)34-29-4-5-30-34/h4-5,7-11,18H,2-3,6H2,1H3,(H,32,35). The first-order chi connectivity index (χ1) is 17.2. The van der Waals surface area contributed by atoms with Crippen LogP contribution in [0.4, 0.5) is 18.9 Å². The number of aromatic nitrogens is 7. The van der Waals surface area contributed by atoms with Gasteiger partial charge in [0.1, 0.15) is 0 Å². The second-order valence-electron chi connectivity index (χ2n) is 8.02. The van der Waals surface area contributed by atoms with Gasteiger partial charge in [-0.2, -0.15) is 28.5 Å². The number of nitrogens with zero attached hydrogens (tertiary/aromatic N) is 7. The van der Waals surface area contributed by atoms with Crippen LogP contribution >= 0.6 is 11.6 Å². The summed E-state index contributed by atoms with van der Waals surface area (Å²) in [6, 6.07) is 2.85. The predicted octanol–water partition coefficient (Wildman–Crippen LogP) is 4.33. The molecule has 5 heterocycles. The molecule has 0 aliphatic carbocycles. The van der Waals surface area contributed by atoms with Gasteiger partial charge in [0, 0.05) is 12.8 Å². The van der Waals surface area contributed by atoms with E-state index in [-0.39, 0.29) is 28.3 Å². The monoisotopic (exact) mass is 518 g/mol. The van der Waals surface area contributed by atoms with Crippen LogP contribution < -0.4 is 5.32 Å². The van der Waals surface area contributed by atoms with Crippen LogP contribution in [-0.4, -0.2) is 47.3 Å². The fourth-order valence-electron chi connectivity index (χ4n) is 3.88. The van der Waals surface area contributed by atoms with Crippen LogP contribution in [0.1, 0.15) is 46.3 Å². The lowest BCUT2D eigenvalue weighted by Crippen LogP contribution is -2.21. The van der Waals surface area contributed by atoms with E-state index in [4.69, 9.17) is 16.3 Å². The maximum Gasteiger partial charge on any atom is 0.434 e. The molecule has 0 aromatic carbocycles. The number of carbonyl (C=O) groups excluding carboxylic acids is 1. The largest absolute Gasteiger partial charge is 0.434 e. The van der Waals surface area contributed by atoms with Gasteiger partial charge >= 0.3 is 6.18 Å². The molecule has 1 unspecified atom stereocenters. The number of nitrogens with one attached hydrogen (secondary N) is 1. The Hall–Kier alpha value is -3.84. The molecule has 1 aliphatic heterocycles. The van der Waals surface area contributed by atoms with Crippen molar-refractivity contribution >= 4 is 23.2 Å². The summed E-state index contributed by atoms with van der Waals surface area (Å²) < 4.78 is 48.9. The van der Waals surface area contributed by atoms with Crippen LogP contribution in [0.25, 0.3) is 11.5 Å². The highest BCUT2D eigenvalue weighted by Gasteiger charge is 2.41. The Bertz CT molecular complexity index is 1420. The van der Waals surface area contributed by atoms with Crippen molar-refractivity contribution < 1.29 is 22.7 Å². The molecule has 1 aliphatic rings. The van der Waals surface area contributed by atoms with Gasteiger partial charge in [-0.1, -0.05) is 11.6 Å². The molecular formula is C22H18ClF3N8O2. The zero-order chi connectivity index (χ0) is 25.4. The summed E-state index contributed by atoms with van der Waals surface area (Å²) >= 11 is 6.20. The van der Waals surface area contributed by atoms with Gasteiger partial charge in [0.05, 0.1) is 58.5 Å². The summed E-state index contributed by atoms with van der Waals surface area (Å²) in [7, 11) is 0. The SMILES string of the molecule is Cc1cnc(C2CCCO2)cc1-n1ncc(C(=O)Nc2cnc(-n3nccn3)c(Cl)c2)c1C(F)(F)F. The fourth-order valence-corrected chi connectivity index (χ4v) is 4.13. The predicted molar refractivity (Wildman–Crippen MR) is 121 cm³/mol. The topological polar surface area (TPSA) is 113 Å². The van der Waals surface area contributed by atoms with Crippen LogP contribution in [-0.2, 0) is 10.9 Å². The van der Waals surface area contributed by atoms with Gasteiger partial charge in [-0.05, 0) is 37.5 Å². The summed E-state index contributed by atoms with van der Waals surface area (Å²) in [5, 5.41) is 14.2. The molecule has 1 atom stereocenters. The fraction of sp³-hybridized carbons (Fsp3) is 0.273. The first kappa shape index (κ1) is 23.9. The van der Waals surface area contributed by atoms with Gasteiger partial charge in [0.15, 0.2) is 11.5 Å². The van der Waals surface area contributed by atoms with Crippen LogP contribution in [0.3, 0.4) is 0 Å². The molecular weight excluding hydrogens is 501 g/mol. The van der Waals surface area contributed by atoms with E-state index >= 15 is 0 Å². The van der Waals surface area contributed by atoms with Crippen LogP contribution in [0.15, 0.2) is 43.1 Å². The molecule has 36 heavy (non-hydrogen) atoms. The van der Waals surface area contributed by atoms with E-state index in [2.05, 4.69) is 30.6 Å². The van der Waals surface area contributed by atoms with Crippen molar-refractivity contribution in [3.63, 3.8) is 0 Å². The van der Waals surface area contributed by atoms with Crippen molar-refractivity contribution in [1.82, 2.24) is 34.7 Å². The summed E-state index contributed by atoms with van der Waals surface area (Å²) in [6.07, 6.45) is 2.83. The van der Waals surface area contributed by atoms with E-state index in [1.54, 1.807) is 6.92 Å². The molecule has 1 fully saturated rings. The minimum Gasteiger partial charge on any atom is -0.372 e. The van der Waals surface area contributed by atoms with Gasteiger partial charge in [0.2, 0.25) is 0 Å². The maximum atomic E-state index is 14.2. The first-order valence-electron chi connectivity index (χ1n) is 10.8. The van der Waals surface area contributed by atoms with Crippen molar-refractivity contribution in [1.29, 1.82) is 0 Å². The van der Waals surface area contributed by atoms with E-state index in [9.17, 15) is 18.0 Å². The molecule has 4 aromatic heterocycles. The lowest BCUT2D eigenvalue weighted by Gasteiger charge is -2.16. The summed E-state index contributed by atoms with van der Waals surface area (Å²) in [6.45, 7) is 2.18. The molecule has 1 amide bonds. The molecule has 14 heteroatoms. The molecule has 186 valence electrons. The molecule has 4 aromatic rings. The van der Waals surface area contributed by atoms with Gasteiger partial charge in [-0.25, -0.2) is 9.67 Å². The quantitative estimate of drug-likeness (QED) is 0.418. The number of halogens is 4. The van der Waals surface area contributed by atoms with Crippen molar-refractivity contribution in [2.75, 3.05) is 11.9 Å². The normalized spacial score (nSPS) is 15.9. The summed E-state index contributed by atoms with van der Waals surface area (Å²) in [4.78, 5) is 22.5. The second-order valence-corrected chi connectivity index (χ2v) is 8.42. The molecule has 0 radical (unpaired) electrons. The Kier molecular flexibility index (Phi) is 6.18. The van der Waals surface area contributed by atoms with E-state index in [0.29, 0.717) is 22.5 Å². The Labute approximate surface area is 207 Å². The minimum absolute atomic E-state index is 0.0857. The summed E-state index contributed by atoms with van der Waals surface area (Å²) in [5.74, 6) is -0.832. The first-order valence-corrected chi connectivity index (χ1v) is 11.2. The van der Waals surface area contributed by atoms with Gasteiger partial charge in [-0.15, -0.1) is 4.80 Å². The second kappa shape index (κ2) is 9.32. The third kappa shape index (κ3) is 4.54. The van der Waals surface area contributed by atoms with Crippen molar-refractivity contribution in [3.05, 3.63) is 70.7 Å². The number of alkyl halides is 3. The third-order valence-corrected chi connectivity index (χ3v) is 5.83. The number of carbonyl (C=O) groups is 1. The molecule has 5 rings (SSSR count). The van der Waals surface area contributed by atoms with E-state index in [1.165, 1.54) is 41.7 Å². The van der Waals surface area contributed by atoms with E-state index in [1.807, 2.05) is 0 Å². The van der Waals surface area contributed by atoms with Gasteiger partial charge in [-0.3, -0.25) is 9.78 Å². The van der Waals surface area contributed by atoms with Crippen LogP contribution in [0.2, 0.25) is 5.02 Å². The number of rotatable bonds is 5. The summed E-state index contributed by atoms with van der Waals surface area (Å²) in [5.41, 5.74) is -0.674. The van der Waals surface area contributed by atoms with Gasteiger partial charge < -0.3 is 10.1 Å². The van der Waals surface area contributed by atoms with E-state index in [0.717, 1.165) is 19.0 Å². The average Bonchev–Trinajstić information content (AvgIpc) is 3.60. The number of anilines is 1. The lowest BCUT2D eigenvalue weighted by atomic mass is 10.1. The number of aryl methyl sites for hydroxylation is 1. The molecule has 0 saturated carbocycles. The molecule has 10 nitrogen and oxygen atoms in total. The highest BCUT2D eigenvalue weighted by Crippen LogP contribution is 2.36. The maximum absolute atomic E-state index is 14.2. The van der Waals surface area contributed by atoms with Crippen molar-refractivity contribution in [3.8, 4) is 11.5 Å². The zero-order valence-electron chi connectivity index (χ0n) is 18.7. The molecule has 0 spiro atoms. The number of ether oxygens (including phenoxy) is 1. The Morgan fingerprint density at radius 3 is 2.58 bits per heavy atom. The van der Waals surface area contributed by atoms with Crippen molar-refractivity contribution in [2.45, 2.75) is 32.0 Å². The van der Waals surface area contributed by atoms with Crippen LogP contribution in [0.5, 0.6) is 0 Å². The molecule has 1 N–H and O–H groups in total. The van der Waals surface area contributed by atoms with Gasteiger partial charge in [0.25, 0.3) is 5.91 Å². The lowest BCUT2D eigenvalue weighted by molar-refractivity contribution is -0.143. The minimum atomic E-state index is -4.88.